The molecule has 3 N–H and O–H groups in total. The summed E-state index contributed by atoms with van der Waals surface area (Å²) in [5, 5.41) is 0. The Morgan fingerprint density at radius 3 is 2.74 bits per heavy atom. The molecule has 3 rings (SSSR count). The van der Waals surface area contributed by atoms with Crippen LogP contribution in [0.1, 0.15) is 19.3 Å². The van der Waals surface area contributed by atoms with Crippen molar-refractivity contribution in [2.75, 3.05) is 18.8 Å². The van der Waals surface area contributed by atoms with Gasteiger partial charge in [-0.1, -0.05) is 0 Å². The normalized spacial score (nSPS) is 24.7. The van der Waals surface area contributed by atoms with Gasteiger partial charge in [0, 0.05) is 31.4 Å². The van der Waals surface area contributed by atoms with Gasteiger partial charge in [-0.25, -0.2) is 18.1 Å². The van der Waals surface area contributed by atoms with Crippen molar-refractivity contribution in [3.8, 4) is 0 Å². The average molecular weight is 282 g/mol. The number of nitrogens with two attached hydrogens (primary N) is 1. The van der Waals surface area contributed by atoms with Gasteiger partial charge >= 0.3 is 0 Å². The second-order valence-electron chi connectivity index (χ2n) is 5.25. The summed E-state index contributed by atoms with van der Waals surface area (Å²) < 4.78 is 27.1. The summed E-state index contributed by atoms with van der Waals surface area (Å²) in [6, 6.07) is 3.67. The molecule has 7 heteroatoms. The molecule has 0 aromatic carbocycles. The number of hydrogen-bond acceptors (Lipinski definition) is 5. The summed E-state index contributed by atoms with van der Waals surface area (Å²) in [5.41, 5.74) is 5.46. The standard InChI is InChI=1S/C12H18N4O2S/c13-12-4-3-11(7-14-12)19(17,18)15-9-5-6-16(8-9)10-1-2-10/h3-4,7,9-10,15H,1-2,5-6,8H2,(H2,13,14). The van der Waals surface area contributed by atoms with Crippen molar-refractivity contribution in [3.05, 3.63) is 18.3 Å². The summed E-state index contributed by atoms with van der Waals surface area (Å²) in [6.07, 6.45) is 4.67. The third-order valence-corrected chi connectivity index (χ3v) is 5.18. The SMILES string of the molecule is Nc1ccc(S(=O)(=O)NC2CCN(C3CC3)C2)cn1. The van der Waals surface area contributed by atoms with Crippen LogP contribution >= 0.6 is 0 Å². The Hall–Kier alpha value is -1.18. The molecule has 2 aliphatic rings. The summed E-state index contributed by atoms with van der Waals surface area (Å²) in [7, 11) is -3.48. The maximum absolute atomic E-state index is 12.2. The summed E-state index contributed by atoms with van der Waals surface area (Å²) in [6.45, 7) is 1.80. The number of anilines is 1. The Morgan fingerprint density at radius 1 is 1.32 bits per heavy atom. The first-order valence-corrected chi connectivity index (χ1v) is 8.01. The van der Waals surface area contributed by atoms with Gasteiger partial charge in [0.2, 0.25) is 10.0 Å². The second kappa shape index (κ2) is 4.73. The molecule has 1 atom stereocenters. The molecule has 0 bridgehead atoms. The van der Waals surface area contributed by atoms with Crippen molar-refractivity contribution < 1.29 is 8.42 Å². The zero-order chi connectivity index (χ0) is 13.5. The lowest BCUT2D eigenvalue weighted by Gasteiger charge is -2.15. The van der Waals surface area contributed by atoms with Crippen LogP contribution in [0, 0.1) is 0 Å². The average Bonchev–Trinajstić information content (AvgIpc) is 3.11. The number of nitrogens with zero attached hydrogens (tertiary/aromatic N) is 2. The van der Waals surface area contributed by atoms with Crippen LogP contribution < -0.4 is 10.5 Å². The molecule has 104 valence electrons. The predicted molar refractivity (Wildman–Crippen MR) is 72.0 cm³/mol. The Labute approximate surface area is 113 Å². The first kappa shape index (κ1) is 12.8. The quantitative estimate of drug-likeness (QED) is 0.822. The molecule has 0 radical (unpaired) electrons. The first-order valence-electron chi connectivity index (χ1n) is 6.52. The van der Waals surface area contributed by atoms with E-state index in [9.17, 15) is 8.42 Å². The molecule has 0 amide bonds. The number of aromatic nitrogens is 1. The molecule has 1 aliphatic carbocycles. The molecular weight excluding hydrogens is 264 g/mol. The lowest BCUT2D eigenvalue weighted by atomic mass is 10.3. The third-order valence-electron chi connectivity index (χ3n) is 3.67. The second-order valence-corrected chi connectivity index (χ2v) is 6.97. The molecule has 2 fully saturated rings. The van der Waals surface area contributed by atoms with Crippen LogP contribution in [0.2, 0.25) is 0 Å². The van der Waals surface area contributed by atoms with Gasteiger partial charge in [-0.05, 0) is 31.4 Å². The Balaban J connectivity index is 1.66. The van der Waals surface area contributed by atoms with E-state index in [1.54, 1.807) is 0 Å². The van der Waals surface area contributed by atoms with Gasteiger partial charge in [-0.15, -0.1) is 0 Å². The van der Waals surface area contributed by atoms with E-state index >= 15 is 0 Å². The number of pyridine rings is 1. The number of likely N-dealkylation sites (tertiary alicyclic amines) is 1. The zero-order valence-electron chi connectivity index (χ0n) is 10.6. The van der Waals surface area contributed by atoms with E-state index in [1.807, 2.05) is 0 Å². The number of sulfonamides is 1. The lowest BCUT2D eigenvalue weighted by Crippen LogP contribution is -2.37. The Bertz CT molecular complexity index is 554. The fraction of sp³-hybridized carbons (Fsp3) is 0.583. The van der Waals surface area contributed by atoms with Crippen LogP contribution in [-0.4, -0.2) is 43.5 Å². The van der Waals surface area contributed by atoms with E-state index in [0.29, 0.717) is 11.9 Å². The number of nitrogens with one attached hydrogen (secondary N) is 1. The monoisotopic (exact) mass is 282 g/mol. The van der Waals surface area contributed by atoms with E-state index < -0.39 is 10.0 Å². The van der Waals surface area contributed by atoms with Gasteiger partial charge in [-0.2, -0.15) is 0 Å². The van der Waals surface area contributed by atoms with Crippen molar-refractivity contribution in [2.24, 2.45) is 0 Å². The molecule has 1 unspecified atom stereocenters. The van der Waals surface area contributed by atoms with Crippen molar-refractivity contribution in [2.45, 2.75) is 36.2 Å². The number of hydrogen-bond donors (Lipinski definition) is 2. The van der Waals surface area contributed by atoms with Crippen LogP contribution in [0.3, 0.4) is 0 Å². The topological polar surface area (TPSA) is 88.3 Å². The third kappa shape index (κ3) is 2.88. The summed E-state index contributed by atoms with van der Waals surface area (Å²) in [4.78, 5) is 6.36. The first-order chi connectivity index (χ1) is 9.04. The minimum Gasteiger partial charge on any atom is -0.384 e. The molecule has 1 saturated heterocycles. The summed E-state index contributed by atoms with van der Waals surface area (Å²) >= 11 is 0. The lowest BCUT2D eigenvalue weighted by molar-refractivity contribution is 0.322. The van der Waals surface area contributed by atoms with E-state index in [-0.39, 0.29) is 10.9 Å². The number of nitrogen functional groups attached to an aromatic ring is 1. The highest BCUT2D eigenvalue weighted by atomic mass is 32.2. The molecule has 2 heterocycles. The van der Waals surface area contributed by atoms with Crippen LogP contribution in [0.15, 0.2) is 23.2 Å². The minimum absolute atomic E-state index is 0.00292. The van der Waals surface area contributed by atoms with Crippen LogP contribution in [0.25, 0.3) is 0 Å². The molecule has 1 aliphatic heterocycles. The van der Waals surface area contributed by atoms with Crippen molar-refractivity contribution in [1.82, 2.24) is 14.6 Å². The van der Waals surface area contributed by atoms with E-state index in [2.05, 4.69) is 14.6 Å². The molecule has 1 aromatic heterocycles. The van der Waals surface area contributed by atoms with E-state index in [0.717, 1.165) is 19.5 Å². The Morgan fingerprint density at radius 2 is 2.11 bits per heavy atom. The van der Waals surface area contributed by atoms with Gasteiger partial charge in [0.25, 0.3) is 0 Å². The fourth-order valence-electron chi connectivity index (χ4n) is 2.49. The highest BCUT2D eigenvalue weighted by Gasteiger charge is 2.35. The highest BCUT2D eigenvalue weighted by molar-refractivity contribution is 7.89. The largest absolute Gasteiger partial charge is 0.384 e. The molecule has 6 nitrogen and oxygen atoms in total. The Kier molecular flexibility index (Phi) is 3.20. The van der Waals surface area contributed by atoms with Crippen molar-refractivity contribution >= 4 is 15.8 Å². The highest BCUT2D eigenvalue weighted by Crippen LogP contribution is 2.30. The molecule has 19 heavy (non-hydrogen) atoms. The van der Waals surface area contributed by atoms with Gasteiger partial charge < -0.3 is 5.73 Å². The smallest absolute Gasteiger partial charge is 0.242 e. The molecule has 1 aromatic rings. The predicted octanol–water partition coefficient (Wildman–Crippen LogP) is 0.179. The minimum atomic E-state index is -3.48. The van der Waals surface area contributed by atoms with E-state index in [4.69, 9.17) is 5.73 Å². The maximum atomic E-state index is 12.2. The maximum Gasteiger partial charge on any atom is 0.242 e. The van der Waals surface area contributed by atoms with Crippen molar-refractivity contribution in [1.29, 1.82) is 0 Å². The molecular formula is C12H18N4O2S. The molecule has 0 spiro atoms. The zero-order valence-corrected chi connectivity index (χ0v) is 11.4. The summed E-state index contributed by atoms with van der Waals surface area (Å²) in [5.74, 6) is 0.319. The van der Waals surface area contributed by atoms with Gasteiger partial charge in [0.15, 0.2) is 0 Å². The van der Waals surface area contributed by atoms with Crippen LogP contribution in [0.5, 0.6) is 0 Å². The molecule has 1 saturated carbocycles. The van der Waals surface area contributed by atoms with Gasteiger partial charge in [0.1, 0.15) is 10.7 Å². The van der Waals surface area contributed by atoms with E-state index in [1.165, 1.54) is 31.2 Å². The van der Waals surface area contributed by atoms with Crippen LogP contribution in [-0.2, 0) is 10.0 Å². The van der Waals surface area contributed by atoms with Gasteiger partial charge in [0.05, 0.1) is 0 Å². The van der Waals surface area contributed by atoms with Gasteiger partial charge in [-0.3, -0.25) is 4.90 Å². The van der Waals surface area contributed by atoms with Crippen LogP contribution in [0.4, 0.5) is 5.82 Å². The number of rotatable bonds is 4. The fourth-order valence-corrected chi connectivity index (χ4v) is 3.70. The van der Waals surface area contributed by atoms with Crippen molar-refractivity contribution in [3.63, 3.8) is 0 Å².